The SMILES string of the molecule is CS(=O)(=O)c1ccc(Oc2cc(NC3CCCC3)c3[nH]c(C4=NC(CC(=O)O)CS4)cc3c2)cc1. The van der Waals surface area contributed by atoms with Gasteiger partial charge in [-0.25, -0.2) is 8.42 Å². The van der Waals surface area contributed by atoms with Crippen LogP contribution in [0.1, 0.15) is 37.8 Å². The molecule has 1 atom stereocenters. The number of carboxylic acid groups (broad SMARTS) is 1. The fourth-order valence-electron chi connectivity index (χ4n) is 4.55. The fraction of sp³-hybridized carbons (Fsp3) is 0.360. The van der Waals surface area contributed by atoms with Gasteiger partial charge in [0.2, 0.25) is 0 Å². The lowest BCUT2D eigenvalue weighted by molar-refractivity contribution is -0.137. The molecule has 0 radical (unpaired) electrons. The van der Waals surface area contributed by atoms with E-state index < -0.39 is 15.8 Å². The van der Waals surface area contributed by atoms with Crippen molar-refractivity contribution in [1.29, 1.82) is 0 Å². The van der Waals surface area contributed by atoms with E-state index in [1.165, 1.54) is 31.2 Å². The molecule has 2 aromatic carbocycles. The average molecular weight is 514 g/mol. The van der Waals surface area contributed by atoms with Crippen molar-refractivity contribution in [3.63, 3.8) is 0 Å². The lowest BCUT2D eigenvalue weighted by Gasteiger charge is -2.16. The number of aliphatic imine (C=N–C) groups is 1. The van der Waals surface area contributed by atoms with Crippen molar-refractivity contribution >= 4 is 49.2 Å². The largest absolute Gasteiger partial charge is 0.481 e. The first kappa shape index (κ1) is 23.7. The molecule has 8 nitrogen and oxygen atoms in total. The van der Waals surface area contributed by atoms with E-state index in [9.17, 15) is 13.2 Å². The molecule has 3 N–H and O–H groups in total. The van der Waals surface area contributed by atoms with Gasteiger partial charge in [-0.3, -0.25) is 9.79 Å². The maximum atomic E-state index is 11.7. The molecule has 10 heteroatoms. The van der Waals surface area contributed by atoms with Crippen LogP contribution in [0.4, 0.5) is 5.69 Å². The van der Waals surface area contributed by atoms with E-state index in [1.807, 2.05) is 18.2 Å². The van der Waals surface area contributed by atoms with Gasteiger partial charge in [0.25, 0.3) is 0 Å². The van der Waals surface area contributed by atoms with Gasteiger partial charge >= 0.3 is 5.97 Å². The van der Waals surface area contributed by atoms with Gasteiger partial charge in [0, 0.05) is 29.5 Å². The predicted octanol–water partition coefficient (Wildman–Crippen LogP) is 5.05. The van der Waals surface area contributed by atoms with E-state index in [0.717, 1.165) is 40.2 Å². The molecule has 1 unspecified atom stereocenters. The maximum Gasteiger partial charge on any atom is 0.305 e. The van der Waals surface area contributed by atoms with Gasteiger partial charge in [0.1, 0.15) is 16.5 Å². The lowest BCUT2D eigenvalue weighted by Crippen LogP contribution is -2.14. The van der Waals surface area contributed by atoms with E-state index in [-0.39, 0.29) is 17.4 Å². The van der Waals surface area contributed by atoms with Crippen molar-refractivity contribution < 1.29 is 23.1 Å². The summed E-state index contributed by atoms with van der Waals surface area (Å²) < 4.78 is 29.6. The second-order valence-corrected chi connectivity index (χ2v) is 12.1. The third kappa shape index (κ3) is 5.48. The van der Waals surface area contributed by atoms with Crippen LogP contribution < -0.4 is 10.1 Å². The number of hydrogen-bond donors (Lipinski definition) is 3. The molecule has 1 aliphatic carbocycles. The van der Waals surface area contributed by atoms with Crippen LogP contribution in [-0.4, -0.2) is 53.6 Å². The number of ether oxygens (including phenoxy) is 1. The highest BCUT2D eigenvalue weighted by molar-refractivity contribution is 8.14. The minimum Gasteiger partial charge on any atom is -0.481 e. The molecular formula is C25H27N3O5S2. The van der Waals surface area contributed by atoms with Gasteiger partial charge in [-0.1, -0.05) is 12.8 Å². The van der Waals surface area contributed by atoms with Crippen molar-refractivity contribution in [2.75, 3.05) is 17.3 Å². The summed E-state index contributed by atoms with van der Waals surface area (Å²) in [5.74, 6) is 1.00. The molecule has 0 spiro atoms. The van der Waals surface area contributed by atoms with Crippen LogP contribution in [0, 0.1) is 0 Å². The number of anilines is 1. The molecule has 1 fully saturated rings. The summed E-state index contributed by atoms with van der Waals surface area (Å²) >= 11 is 1.56. The highest BCUT2D eigenvalue weighted by Crippen LogP contribution is 2.36. The first-order valence-electron chi connectivity index (χ1n) is 11.6. The quantitative estimate of drug-likeness (QED) is 0.385. The zero-order valence-electron chi connectivity index (χ0n) is 19.3. The van der Waals surface area contributed by atoms with E-state index >= 15 is 0 Å². The van der Waals surface area contributed by atoms with Crippen LogP contribution in [0.25, 0.3) is 10.9 Å². The van der Waals surface area contributed by atoms with Crippen molar-refractivity contribution in [1.82, 2.24) is 4.98 Å². The number of benzene rings is 2. The van der Waals surface area contributed by atoms with E-state index in [1.54, 1.807) is 23.9 Å². The van der Waals surface area contributed by atoms with Gasteiger partial charge in [-0.2, -0.15) is 0 Å². The van der Waals surface area contributed by atoms with Crippen LogP contribution in [0.3, 0.4) is 0 Å². The van der Waals surface area contributed by atoms with E-state index in [0.29, 0.717) is 23.3 Å². The third-order valence-electron chi connectivity index (χ3n) is 6.26. The number of carboxylic acids is 1. The number of nitrogens with one attached hydrogen (secondary N) is 2. The molecule has 3 aromatic rings. The van der Waals surface area contributed by atoms with Crippen molar-refractivity contribution in [2.45, 2.75) is 49.1 Å². The number of hydrogen-bond acceptors (Lipinski definition) is 7. The summed E-state index contributed by atoms with van der Waals surface area (Å²) in [5.41, 5.74) is 2.76. The second kappa shape index (κ2) is 9.58. The first-order valence-corrected chi connectivity index (χ1v) is 14.5. The number of aromatic amines is 1. The Hall–Kier alpha value is -2.98. The molecule has 5 rings (SSSR count). The van der Waals surface area contributed by atoms with Gasteiger partial charge in [-0.05, 0) is 49.2 Å². The Kier molecular flexibility index (Phi) is 6.50. The molecule has 2 aliphatic rings. The Morgan fingerprint density at radius 3 is 2.60 bits per heavy atom. The van der Waals surface area contributed by atoms with Crippen LogP contribution in [0.5, 0.6) is 11.5 Å². The molecule has 2 heterocycles. The van der Waals surface area contributed by atoms with Gasteiger partial charge < -0.3 is 20.1 Å². The number of carbonyl (C=O) groups is 1. The summed E-state index contributed by atoms with van der Waals surface area (Å²) in [4.78, 5) is 19.4. The van der Waals surface area contributed by atoms with Crippen molar-refractivity contribution in [3.8, 4) is 11.5 Å². The first-order chi connectivity index (χ1) is 16.7. The number of nitrogens with zero attached hydrogens (tertiary/aromatic N) is 1. The number of rotatable bonds is 8. The van der Waals surface area contributed by atoms with E-state index in [4.69, 9.17) is 9.84 Å². The molecule has 0 bridgehead atoms. The Balaban J connectivity index is 1.47. The number of H-pyrrole nitrogens is 1. The topological polar surface area (TPSA) is 121 Å². The molecule has 1 aromatic heterocycles. The molecule has 1 aliphatic heterocycles. The monoisotopic (exact) mass is 513 g/mol. The van der Waals surface area contributed by atoms with E-state index in [2.05, 4.69) is 15.3 Å². The fourth-order valence-corrected chi connectivity index (χ4v) is 6.22. The molecule has 1 saturated carbocycles. The minimum absolute atomic E-state index is 0.0291. The van der Waals surface area contributed by atoms with Crippen LogP contribution in [-0.2, 0) is 14.6 Å². The Morgan fingerprint density at radius 1 is 1.17 bits per heavy atom. The number of aliphatic carboxylic acids is 1. The van der Waals surface area contributed by atoms with Crippen LogP contribution in [0.15, 0.2) is 52.4 Å². The Bertz CT molecular complexity index is 1390. The van der Waals surface area contributed by atoms with Gasteiger partial charge in [0.15, 0.2) is 9.84 Å². The smallest absolute Gasteiger partial charge is 0.305 e. The average Bonchev–Trinajstić information content (AvgIpc) is 3.54. The zero-order valence-corrected chi connectivity index (χ0v) is 20.9. The summed E-state index contributed by atoms with van der Waals surface area (Å²) in [6, 6.07) is 12.5. The summed E-state index contributed by atoms with van der Waals surface area (Å²) in [7, 11) is -3.27. The summed E-state index contributed by atoms with van der Waals surface area (Å²) in [6.45, 7) is 0. The molecule has 35 heavy (non-hydrogen) atoms. The summed E-state index contributed by atoms with van der Waals surface area (Å²) in [6.07, 6.45) is 5.86. The molecule has 0 saturated heterocycles. The van der Waals surface area contributed by atoms with Crippen LogP contribution in [0.2, 0.25) is 0 Å². The standard InChI is InChI=1S/C25H27N3O5S2/c1-35(31,32)20-8-6-18(7-9-20)33-19-10-15-11-22(25-27-17(14-34-25)12-23(29)30)28-24(15)21(13-19)26-16-4-2-3-5-16/h6-11,13,16-17,26,28H,2-5,12,14H2,1H3,(H,29,30). The van der Waals surface area contributed by atoms with Crippen LogP contribution >= 0.6 is 11.8 Å². The van der Waals surface area contributed by atoms with Crippen molar-refractivity contribution in [3.05, 3.63) is 48.2 Å². The molecule has 0 amide bonds. The number of aromatic nitrogens is 1. The lowest BCUT2D eigenvalue weighted by atomic mass is 10.1. The minimum atomic E-state index is -3.27. The molecular weight excluding hydrogens is 486 g/mol. The highest BCUT2D eigenvalue weighted by Gasteiger charge is 2.24. The summed E-state index contributed by atoms with van der Waals surface area (Å²) in [5, 5.41) is 14.5. The number of fused-ring (bicyclic) bond motifs is 1. The number of sulfone groups is 1. The molecule has 184 valence electrons. The third-order valence-corrected chi connectivity index (χ3v) is 8.54. The highest BCUT2D eigenvalue weighted by atomic mass is 32.2. The van der Waals surface area contributed by atoms with Crippen molar-refractivity contribution in [2.24, 2.45) is 4.99 Å². The maximum absolute atomic E-state index is 11.7. The predicted molar refractivity (Wildman–Crippen MR) is 139 cm³/mol. The normalized spacial score (nSPS) is 18.7. The Morgan fingerprint density at radius 2 is 1.91 bits per heavy atom. The second-order valence-electron chi connectivity index (χ2n) is 9.09. The van der Waals surface area contributed by atoms with Gasteiger partial charge in [0.05, 0.1) is 34.3 Å². The van der Waals surface area contributed by atoms with Gasteiger partial charge in [-0.15, -0.1) is 11.8 Å². The Labute approximate surface area is 208 Å². The zero-order chi connectivity index (χ0) is 24.6. The number of thioether (sulfide) groups is 1.